The van der Waals surface area contributed by atoms with E-state index < -0.39 is 5.97 Å². The Morgan fingerprint density at radius 2 is 1.86 bits per heavy atom. The molecule has 0 spiro atoms. The third kappa shape index (κ3) is 4.07. The number of methoxy groups -OCH3 is 1. The van der Waals surface area contributed by atoms with Crippen molar-refractivity contribution in [1.29, 1.82) is 0 Å². The third-order valence-electron chi connectivity index (χ3n) is 3.07. The summed E-state index contributed by atoms with van der Waals surface area (Å²) in [6.07, 6.45) is 0. The number of rotatable bonds is 5. The molecule has 2 aromatic rings. The van der Waals surface area contributed by atoms with Gasteiger partial charge in [-0.25, -0.2) is 4.79 Å². The van der Waals surface area contributed by atoms with Crippen LogP contribution in [-0.2, 0) is 11.3 Å². The van der Waals surface area contributed by atoms with Crippen molar-refractivity contribution in [3.05, 3.63) is 62.7 Å². The molecule has 0 saturated carbocycles. The second kappa shape index (κ2) is 7.40. The molecule has 0 amide bonds. The van der Waals surface area contributed by atoms with Crippen LogP contribution in [0.3, 0.4) is 0 Å². The Kier molecular flexibility index (Phi) is 5.54. The van der Waals surface area contributed by atoms with Gasteiger partial charge < -0.3 is 9.47 Å². The van der Waals surface area contributed by atoms with Crippen molar-refractivity contribution in [1.82, 2.24) is 0 Å². The molecule has 114 valence electrons. The third-order valence-corrected chi connectivity index (χ3v) is 3.74. The lowest BCUT2D eigenvalue weighted by Crippen LogP contribution is -2.09. The summed E-state index contributed by atoms with van der Waals surface area (Å²) < 4.78 is 11.5. The molecule has 0 atom stereocenters. The lowest BCUT2D eigenvalue weighted by molar-refractivity contribution is 0.0596. The van der Waals surface area contributed by atoms with Crippen molar-refractivity contribution < 1.29 is 19.1 Å². The Hall–Kier alpha value is -1.89. The van der Waals surface area contributed by atoms with Crippen LogP contribution >= 0.6 is 22.6 Å². The van der Waals surface area contributed by atoms with Crippen molar-refractivity contribution in [2.45, 2.75) is 13.5 Å². The fraction of sp³-hybridized carbons (Fsp3) is 0.176. The van der Waals surface area contributed by atoms with Gasteiger partial charge in [0.2, 0.25) is 0 Å². The normalized spacial score (nSPS) is 10.1. The molecule has 4 nitrogen and oxygen atoms in total. The second-order valence-electron chi connectivity index (χ2n) is 4.67. The molecule has 5 heteroatoms. The van der Waals surface area contributed by atoms with Crippen LogP contribution in [0.15, 0.2) is 42.5 Å². The fourth-order valence-corrected chi connectivity index (χ4v) is 2.60. The predicted octanol–water partition coefficient (Wildman–Crippen LogP) is 3.86. The minimum absolute atomic E-state index is 0.190. The van der Waals surface area contributed by atoms with Crippen LogP contribution in [0, 0.1) is 3.57 Å². The van der Waals surface area contributed by atoms with Crippen molar-refractivity contribution in [2.75, 3.05) is 7.11 Å². The average Bonchev–Trinajstić information content (AvgIpc) is 2.51. The van der Waals surface area contributed by atoms with E-state index in [0.29, 0.717) is 17.9 Å². The van der Waals surface area contributed by atoms with E-state index in [2.05, 4.69) is 22.6 Å². The first kappa shape index (κ1) is 16.5. The molecule has 0 aromatic heterocycles. The second-order valence-corrected chi connectivity index (χ2v) is 5.92. The van der Waals surface area contributed by atoms with Gasteiger partial charge in [-0.2, -0.15) is 0 Å². The van der Waals surface area contributed by atoms with Crippen LogP contribution in [0.1, 0.15) is 33.2 Å². The lowest BCUT2D eigenvalue weighted by Gasteiger charge is -2.10. The Bertz CT molecular complexity index is 710. The molecular weight excluding hydrogens is 395 g/mol. The van der Waals surface area contributed by atoms with Gasteiger partial charge in [0.05, 0.1) is 12.7 Å². The van der Waals surface area contributed by atoms with Crippen LogP contribution in [0.2, 0.25) is 0 Å². The summed E-state index contributed by atoms with van der Waals surface area (Å²) in [7, 11) is 1.28. The number of esters is 1. The number of Topliss-reactive ketones (excluding diaryl/α,β-unsaturated/α-hetero) is 1. The van der Waals surface area contributed by atoms with E-state index in [0.717, 1.165) is 9.13 Å². The van der Waals surface area contributed by atoms with E-state index in [9.17, 15) is 9.59 Å². The zero-order valence-corrected chi connectivity index (χ0v) is 14.4. The maximum absolute atomic E-state index is 11.8. The molecule has 0 N–H and O–H groups in total. The minimum Gasteiger partial charge on any atom is -0.489 e. The van der Waals surface area contributed by atoms with Crippen LogP contribution < -0.4 is 4.74 Å². The Balaban J connectivity index is 2.21. The quantitative estimate of drug-likeness (QED) is 0.427. The minimum atomic E-state index is -0.551. The largest absolute Gasteiger partial charge is 0.489 e. The molecule has 22 heavy (non-hydrogen) atoms. The van der Waals surface area contributed by atoms with Crippen LogP contribution in [-0.4, -0.2) is 18.9 Å². The van der Waals surface area contributed by atoms with Gasteiger partial charge in [-0.1, -0.05) is 12.1 Å². The van der Waals surface area contributed by atoms with Gasteiger partial charge in [0.25, 0.3) is 0 Å². The number of ketones is 1. The smallest absolute Gasteiger partial charge is 0.338 e. The number of carbonyl (C=O) groups excluding carboxylic acids is 2. The van der Waals surface area contributed by atoms with Crippen LogP contribution in [0.5, 0.6) is 5.75 Å². The Morgan fingerprint density at radius 1 is 1.09 bits per heavy atom. The molecule has 0 aliphatic heterocycles. The number of ether oxygens (including phenoxy) is 2. The van der Waals surface area contributed by atoms with E-state index in [4.69, 9.17) is 9.47 Å². The molecule has 2 aromatic carbocycles. The number of benzene rings is 2. The molecule has 0 bridgehead atoms. The van der Waals surface area contributed by atoms with Gasteiger partial charge in [0.15, 0.2) is 5.78 Å². The monoisotopic (exact) mass is 410 g/mol. The summed E-state index contributed by atoms with van der Waals surface area (Å²) in [5.74, 6) is -0.223. The number of halogens is 1. The highest BCUT2D eigenvalue weighted by atomic mass is 127. The molecule has 0 aliphatic rings. The van der Waals surface area contributed by atoms with E-state index in [-0.39, 0.29) is 11.3 Å². The molecule has 0 saturated heterocycles. The lowest BCUT2D eigenvalue weighted by atomic mass is 10.0. The average molecular weight is 410 g/mol. The first-order valence-electron chi connectivity index (χ1n) is 6.62. The highest BCUT2D eigenvalue weighted by Crippen LogP contribution is 2.21. The zero-order chi connectivity index (χ0) is 16.1. The molecule has 0 fully saturated rings. The van der Waals surface area contributed by atoms with Crippen molar-refractivity contribution >= 4 is 34.3 Å². The highest BCUT2D eigenvalue weighted by Gasteiger charge is 2.16. The molecular formula is C17H15IO4. The SMILES string of the molecule is COC(=O)c1cc(OCc2cccc(I)c2)ccc1C(C)=O. The standard InChI is InChI=1S/C17H15IO4/c1-11(19)15-7-6-14(9-16(15)17(20)21-2)22-10-12-4-3-5-13(18)8-12/h3-9H,10H2,1-2H3. The predicted molar refractivity (Wildman–Crippen MR) is 91.3 cm³/mol. The van der Waals surface area contributed by atoms with E-state index >= 15 is 0 Å². The van der Waals surface area contributed by atoms with Gasteiger partial charge >= 0.3 is 5.97 Å². The van der Waals surface area contributed by atoms with E-state index in [1.165, 1.54) is 20.1 Å². The van der Waals surface area contributed by atoms with Crippen molar-refractivity contribution in [2.24, 2.45) is 0 Å². The van der Waals surface area contributed by atoms with Crippen LogP contribution in [0.25, 0.3) is 0 Å². The molecule has 0 aliphatic carbocycles. The van der Waals surface area contributed by atoms with Crippen LogP contribution in [0.4, 0.5) is 0 Å². The summed E-state index contributed by atoms with van der Waals surface area (Å²) in [5, 5.41) is 0. The van der Waals surface area contributed by atoms with Gasteiger partial charge in [-0.3, -0.25) is 4.79 Å². The summed E-state index contributed by atoms with van der Waals surface area (Å²) in [5.41, 5.74) is 1.57. The number of hydrogen-bond donors (Lipinski definition) is 0. The number of hydrogen-bond acceptors (Lipinski definition) is 4. The Morgan fingerprint density at radius 3 is 2.50 bits per heavy atom. The molecule has 2 rings (SSSR count). The van der Waals surface area contributed by atoms with Crippen molar-refractivity contribution in [3.63, 3.8) is 0 Å². The molecule has 0 unspecified atom stereocenters. The summed E-state index contributed by atoms with van der Waals surface area (Å²) in [6, 6.07) is 12.7. The summed E-state index contributed by atoms with van der Waals surface area (Å²) in [6.45, 7) is 1.80. The van der Waals surface area contributed by atoms with Crippen molar-refractivity contribution in [3.8, 4) is 5.75 Å². The fourth-order valence-electron chi connectivity index (χ4n) is 1.99. The topological polar surface area (TPSA) is 52.6 Å². The van der Waals surface area contributed by atoms with Gasteiger partial charge in [-0.15, -0.1) is 0 Å². The molecule has 0 radical (unpaired) electrons. The molecule has 0 heterocycles. The highest BCUT2D eigenvalue weighted by molar-refractivity contribution is 14.1. The van der Waals surface area contributed by atoms with Gasteiger partial charge in [0.1, 0.15) is 12.4 Å². The van der Waals surface area contributed by atoms with E-state index in [1.807, 2.05) is 24.3 Å². The van der Waals surface area contributed by atoms with Gasteiger partial charge in [-0.05, 0) is 65.4 Å². The first-order chi connectivity index (χ1) is 10.5. The summed E-state index contributed by atoms with van der Waals surface area (Å²) in [4.78, 5) is 23.3. The Labute approximate surface area is 142 Å². The first-order valence-corrected chi connectivity index (χ1v) is 7.69. The maximum atomic E-state index is 11.8. The summed E-state index contributed by atoms with van der Waals surface area (Å²) >= 11 is 2.24. The van der Waals surface area contributed by atoms with Gasteiger partial charge in [0, 0.05) is 9.13 Å². The maximum Gasteiger partial charge on any atom is 0.338 e. The zero-order valence-electron chi connectivity index (χ0n) is 12.3. The number of carbonyl (C=O) groups is 2. The van der Waals surface area contributed by atoms with E-state index in [1.54, 1.807) is 12.1 Å².